The quantitative estimate of drug-likeness (QED) is 0.432. The summed E-state index contributed by atoms with van der Waals surface area (Å²) in [6, 6.07) is 0. The lowest BCUT2D eigenvalue weighted by Gasteiger charge is -2.23. The van der Waals surface area contributed by atoms with Crippen molar-refractivity contribution in [1.82, 2.24) is 0 Å². The number of nitrogens with two attached hydrogens (primary N) is 2. The van der Waals surface area contributed by atoms with Crippen LogP contribution < -0.4 is 11.5 Å². The first-order valence-electron chi connectivity index (χ1n) is 3.51. The number of aliphatic carboxylic acids is 2. The molecule has 0 aromatic rings. The monoisotopic (exact) mass is 312 g/mol. The van der Waals surface area contributed by atoms with Gasteiger partial charge in [0, 0.05) is 0 Å². The van der Waals surface area contributed by atoms with E-state index in [1.165, 1.54) is 13.8 Å². The highest BCUT2D eigenvalue weighted by Crippen LogP contribution is 2.39. The summed E-state index contributed by atoms with van der Waals surface area (Å²) in [7, 11) is 1.42. The molecule has 0 aliphatic carbocycles. The summed E-state index contributed by atoms with van der Waals surface area (Å²) in [6.45, 7) is 2.54. The van der Waals surface area contributed by atoms with E-state index in [2.05, 4.69) is 0 Å². The zero-order valence-electron chi connectivity index (χ0n) is 8.50. The molecule has 0 radical (unpaired) electrons. The van der Waals surface area contributed by atoms with Crippen LogP contribution in [0.15, 0.2) is 0 Å². The van der Waals surface area contributed by atoms with Crippen LogP contribution in [0.25, 0.3) is 0 Å². The molecular weight excluding hydrogens is 299 g/mol. The molecule has 16 heavy (non-hydrogen) atoms. The molecule has 0 saturated carbocycles. The topological polar surface area (TPSA) is 127 Å². The van der Waals surface area contributed by atoms with Gasteiger partial charge in [-0.15, -0.1) is 24.8 Å². The fraction of sp³-hybridized carbons (Fsp3) is 0.667. The Morgan fingerprint density at radius 3 is 1.25 bits per heavy atom. The van der Waals surface area contributed by atoms with Crippen molar-refractivity contribution in [2.45, 2.75) is 23.6 Å². The van der Waals surface area contributed by atoms with Crippen LogP contribution in [0, 0.1) is 0 Å². The molecule has 0 heterocycles. The summed E-state index contributed by atoms with van der Waals surface area (Å²) in [4.78, 5) is 18.0. The average Bonchev–Trinajstić information content (AvgIpc) is 2.01. The van der Waals surface area contributed by atoms with Gasteiger partial charge in [0.2, 0.25) is 0 Å². The fourth-order valence-corrected chi connectivity index (χ4v) is 2.20. The number of carbonyl (C=O) groups is 2. The Hall–Kier alpha value is 0.140. The van der Waals surface area contributed by atoms with Crippen molar-refractivity contribution in [3.63, 3.8) is 0 Å². The van der Waals surface area contributed by atoms with Crippen LogP contribution in [-0.4, -0.2) is 31.9 Å². The first kappa shape index (κ1) is 21.4. The molecule has 6 nitrogen and oxygen atoms in total. The van der Waals surface area contributed by atoms with E-state index >= 15 is 0 Å². The molecule has 0 fully saturated rings. The van der Waals surface area contributed by atoms with Crippen molar-refractivity contribution in [2.24, 2.45) is 11.5 Å². The van der Waals surface area contributed by atoms with Crippen molar-refractivity contribution < 1.29 is 19.8 Å². The fourth-order valence-electron chi connectivity index (χ4n) is 0.244. The molecule has 0 rings (SSSR count). The number of rotatable bonds is 5. The number of halogens is 2. The van der Waals surface area contributed by atoms with Gasteiger partial charge in [-0.25, -0.2) is 9.59 Å². The van der Waals surface area contributed by atoms with E-state index in [4.69, 9.17) is 21.7 Å². The largest absolute Gasteiger partial charge is 0.479 e. The van der Waals surface area contributed by atoms with Crippen molar-refractivity contribution in [1.29, 1.82) is 0 Å². The standard InChI is InChI=1S/C6H12N2O4S2.2ClH/c1-5(7,3(9)10)13-14-6(2,8)4(11)12;;/h7-8H2,1-2H3,(H,9,10)(H,11,12);2*1H. The van der Waals surface area contributed by atoms with Crippen molar-refractivity contribution in [2.75, 3.05) is 0 Å². The SMILES string of the molecule is CC(N)(SSC(C)(N)C(=O)O)C(=O)O.Cl.Cl. The molecule has 2 unspecified atom stereocenters. The van der Waals surface area contributed by atoms with Gasteiger partial charge >= 0.3 is 11.9 Å². The lowest BCUT2D eigenvalue weighted by Crippen LogP contribution is -2.44. The first-order chi connectivity index (χ1) is 6.09. The normalized spacial score (nSPS) is 17.0. The zero-order chi connectivity index (χ0) is 11.6. The molecule has 2 atom stereocenters. The maximum absolute atomic E-state index is 10.6. The second-order valence-electron chi connectivity index (χ2n) is 2.99. The van der Waals surface area contributed by atoms with E-state index in [0.29, 0.717) is 21.6 Å². The minimum absolute atomic E-state index is 0. The highest BCUT2D eigenvalue weighted by molar-refractivity contribution is 8.78. The number of carboxylic acid groups (broad SMARTS) is 2. The molecule has 98 valence electrons. The Balaban J connectivity index is -0.000000845. The van der Waals surface area contributed by atoms with Crippen LogP contribution in [0.2, 0.25) is 0 Å². The van der Waals surface area contributed by atoms with Crippen LogP contribution in [0.5, 0.6) is 0 Å². The van der Waals surface area contributed by atoms with Gasteiger partial charge in [0.15, 0.2) is 9.74 Å². The van der Waals surface area contributed by atoms with E-state index in [0.717, 1.165) is 0 Å². The third-order valence-corrected chi connectivity index (χ3v) is 4.69. The zero-order valence-corrected chi connectivity index (χ0v) is 11.8. The molecule has 0 spiro atoms. The van der Waals surface area contributed by atoms with Gasteiger partial charge in [-0.05, 0) is 13.8 Å². The molecule has 0 aliphatic rings. The smallest absolute Gasteiger partial charge is 0.334 e. The molecule has 0 aromatic heterocycles. The predicted octanol–water partition coefficient (Wildman–Crippen LogP) is 0.730. The summed E-state index contributed by atoms with van der Waals surface area (Å²) < 4.78 is 0. The molecule has 0 aromatic carbocycles. The lowest BCUT2D eigenvalue weighted by molar-refractivity contribution is -0.140. The maximum atomic E-state index is 10.6. The molecule has 10 heteroatoms. The maximum Gasteiger partial charge on any atom is 0.334 e. The molecule has 0 amide bonds. The third kappa shape index (κ3) is 6.66. The minimum atomic E-state index is -1.55. The third-order valence-electron chi connectivity index (χ3n) is 1.24. The van der Waals surface area contributed by atoms with Crippen molar-refractivity contribution >= 4 is 58.3 Å². The Morgan fingerprint density at radius 1 is 0.938 bits per heavy atom. The first-order valence-corrected chi connectivity index (χ1v) is 5.66. The van der Waals surface area contributed by atoms with Crippen LogP contribution >= 0.6 is 46.4 Å². The highest BCUT2D eigenvalue weighted by Gasteiger charge is 2.36. The summed E-state index contributed by atoms with van der Waals surface area (Å²) in [6.07, 6.45) is 0. The summed E-state index contributed by atoms with van der Waals surface area (Å²) in [5, 5.41) is 17.3. The molecular formula is C6H14Cl2N2O4S2. The van der Waals surface area contributed by atoms with Gasteiger partial charge in [-0.2, -0.15) is 0 Å². The Labute approximate surface area is 113 Å². The minimum Gasteiger partial charge on any atom is -0.479 e. The van der Waals surface area contributed by atoms with E-state index in [1.54, 1.807) is 0 Å². The van der Waals surface area contributed by atoms with Crippen LogP contribution in [-0.2, 0) is 9.59 Å². The van der Waals surface area contributed by atoms with Crippen molar-refractivity contribution in [3.8, 4) is 0 Å². The highest BCUT2D eigenvalue weighted by atomic mass is 35.5. The van der Waals surface area contributed by atoms with Gasteiger partial charge in [-0.1, -0.05) is 21.6 Å². The van der Waals surface area contributed by atoms with Crippen molar-refractivity contribution in [3.05, 3.63) is 0 Å². The van der Waals surface area contributed by atoms with Crippen LogP contribution in [0.3, 0.4) is 0 Å². The van der Waals surface area contributed by atoms with Crippen LogP contribution in [0.4, 0.5) is 0 Å². The van der Waals surface area contributed by atoms with E-state index in [1.807, 2.05) is 0 Å². The second kappa shape index (κ2) is 7.46. The lowest BCUT2D eigenvalue weighted by atomic mass is 10.4. The number of hydrogen-bond donors (Lipinski definition) is 4. The predicted molar refractivity (Wildman–Crippen MR) is 70.1 cm³/mol. The Kier molecular flexibility index (Phi) is 9.99. The Morgan fingerprint density at radius 2 is 1.12 bits per heavy atom. The number of hydrogen-bond acceptors (Lipinski definition) is 6. The summed E-state index contributed by atoms with van der Waals surface area (Å²) >= 11 is 0. The Bertz CT molecular complexity index is 237. The molecule has 6 N–H and O–H groups in total. The average molecular weight is 313 g/mol. The molecule has 0 bridgehead atoms. The van der Waals surface area contributed by atoms with Crippen LogP contribution in [0.1, 0.15) is 13.8 Å². The second-order valence-corrected chi connectivity index (χ2v) is 6.02. The van der Waals surface area contributed by atoms with Gasteiger partial charge in [0.05, 0.1) is 0 Å². The van der Waals surface area contributed by atoms with E-state index in [9.17, 15) is 9.59 Å². The van der Waals surface area contributed by atoms with Gasteiger partial charge in [0.25, 0.3) is 0 Å². The molecule has 0 aliphatic heterocycles. The summed E-state index contributed by atoms with van der Waals surface area (Å²) in [5.41, 5.74) is 10.7. The van der Waals surface area contributed by atoms with Gasteiger partial charge < -0.3 is 21.7 Å². The van der Waals surface area contributed by atoms with Gasteiger partial charge in [0.1, 0.15) is 0 Å². The van der Waals surface area contributed by atoms with Gasteiger partial charge in [-0.3, -0.25) is 0 Å². The van der Waals surface area contributed by atoms with E-state index in [-0.39, 0.29) is 24.8 Å². The van der Waals surface area contributed by atoms with E-state index < -0.39 is 21.7 Å². The number of carboxylic acids is 2. The summed E-state index contributed by atoms with van der Waals surface area (Å²) in [5.74, 6) is -2.45. The molecule has 0 saturated heterocycles.